The minimum atomic E-state index is -0.336. The fourth-order valence-electron chi connectivity index (χ4n) is 2.73. The van der Waals surface area contributed by atoms with Crippen LogP contribution in [0.4, 0.5) is 0 Å². The van der Waals surface area contributed by atoms with Gasteiger partial charge in [-0.1, -0.05) is 6.42 Å². The lowest BCUT2D eigenvalue weighted by molar-refractivity contribution is 0.0698. The molecule has 1 aromatic heterocycles. The van der Waals surface area contributed by atoms with E-state index in [1.807, 2.05) is 0 Å². The van der Waals surface area contributed by atoms with Crippen LogP contribution in [-0.4, -0.2) is 35.4 Å². The van der Waals surface area contributed by atoms with Crippen molar-refractivity contribution in [3.63, 3.8) is 0 Å². The molecule has 0 radical (unpaired) electrons. The van der Waals surface area contributed by atoms with Crippen LogP contribution >= 0.6 is 0 Å². The van der Waals surface area contributed by atoms with Crippen molar-refractivity contribution in [2.45, 2.75) is 25.3 Å². The summed E-state index contributed by atoms with van der Waals surface area (Å²) < 4.78 is 0. The van der Waals surface area contributed by atoms with Gasteiger partial charge >= 0.3 is 0 Å². The predicted molar refractivity (Wildman–Crippen MR) is 69.3 cm³/mol. The Labute approximate surface area is 106 Å². The number of carbonyl (C=O) groups is 1. The molecule has 2 atom stereocenters. The average molecular weight is 249 g/mol. The molecule has 2 unspecified atom stereocenters. The van der Waals surface area contributed by atoms with Gasteiger partial charge in [0, 0.05) is 19.3 Å². The van der Waals surface area contributed by atoms with E-state index in [0.717, 1.165) is 19.3 Å². The van der Waals surface area contributed by atoms with Gasteiger partial charge in [0.05, 0.1) is 0 Å². The van der Waals surface area contributed by atoms with Crippen LogP contribution in [0, 0.1) is 5.92 Å². The summed E-state index contributed by atoms with van der Waals surface area (Å²) in [4.78, 5) is 28.1. The summed E-state index contributed by atoms with van der Waals surface area (Å²) in [5, 5.41) is 0. The topological polar surface area (TPSA) is 79.2 Å². The zero-order chi connectivity index (χ0) is 13.1. The lowest BCUT2D eigenvalue weighted by Gasteiger charge is -2.29. The smallest absolute Gasteiger partial charge is 0.260 e. The van der Waals surface area contributed by atoms with E-state index >= 15 is 0 Å². The van der Waals surface area contributed by atoms with Crippen LogP contribution in [0.25, 0.3) is 0 Å². The van der Waals surface area contributed by atoms with Crippen LogP contribution in [0.3, 0.4) is 0 Å². The lowest BCUT2D eigenvalue weighted by Crippen LogP contribution is -2.43. The monoisotopic (exact) mass is 249 g/mol. The highest BCUT2D eigenvalue weighted by molar-refractivity contribution is 5.93. The first-order chi connectivity index (χ1) is 8.65. The van der Waals surface area contributed by atoms with Crippen molar-refractivity contribution in [3.05, 3.63) is 34.2 Å². The van der Waals surface area contributed by atoms with E-state index in [1.165, 1.54) is 6.20 Å². The summed E-state index contributed by atoms with van der Waals surface area (Å²) in [5.74, 6) is 0.129. The van der Waals surface area contributed by atoms with E-state index < -0.39 is 0 Å². The molecule has 1 aliphatic carbocycles. The molecule has 1 heterocycles. The maximum Gasteiger partial charge on any atom is 0.260 e. The number of carbonyl (C=O) groups excluding carboxylic acids is 1. The zero-order valence-corrected chi connectivity index (χ0v) is 10.6. The molecule has 2 rings (SSSR count). The van der Waals surface area contributed by atoms with Gasteiger partial charge in [-0.2, -0.15) is 0 Å². The molecule has 0 saturated heterocycles. The van der Waals surface area contributed by atoms with Gasteiger partial charge in [0.1, 0.15) is 5.56 Å². The van der Waals surface area contributed by atoms with Gasteiger partial charge in [-0.25, -0.2) is 0 Å². The molecule has 18 heavy (non-hydrogen) atoms. The van der Waals surface area contributed by atoms with Crippen LogP contribution in [0.1, 0.15) is 29.6 Å². The number of nitrogens with two attached hydrogens (primary N) is 1. The third-order valence-corrected chi connectivity index (χ3v) is 3.79. The second-order valence-corrected chi connectivity index (χ2v) is 4.82. The van der Waals surface area contributed by atoms with E-state index in [4.69, 9.17) is 5.73 Å². The van der Waals surface area contributed by atoms with Crippen molar-refractivity contribution in [1.82, 2.24) is 9.88 Å². The number of nitrogens with one attached hydrogen (secondary N) is 1. The highest BCUT2D eigenvalue weighted by atomic mass is 16.2. The molecule has 5 heteroatoms. The van der Waals surface area contributed by atoms with E-state index in [9.17, 15) is 9.59 Å². The summed E-state index contributed by atoms with van der Waals surface area (Å²) >= 11 is 0. The Morgan fingerprint density at radius 3 is 3.00 bits per heavy atom. The molecule has 0 bridgehead atoms. The fraction of sp³-hybridized carbons (Fsp3) is 0.538. The molecule has 5 nitrogen and oxygen atoms in total. The van der Waals surface area contributed by atoms with E-state index in [1.54, 1.807) is 24.1 Å². The van der Waals surface area contributed by atoms with Crippen molar-refractivity contribution >= 4 is 5.91 Å². The minimum absolute atomic E-state index is 0.155. The van der Waals surface area contributed by atoms with Crippen molar-refractivity contribution in [2.24, 2.45) is 11.7 Å². The highest BCUT2D eigenvalue weighted by Gasteiger charge is 2.32. The normalized spacial score (nSPS) is 23.0. The summed E-state index contributed by atoms with van der Waals surface area (Å²) in [6.45, 7) is 0.591. The first-order valence-corrected chi connectivity index (χ1v) is 6.30. The largest absolute Gasteiger partial charge is 0.338 e. The van der Waals surface area contributed by atoms with Gasteiger partial charge in [-0.05, 0) is 37.4 Å². The summed E-state index contributed by atoms with van der Waals surface area (Å²) in [6, 6.07) is 3.38. The van der Waals surface area contributed by atoms with Crippen LogP contribution in [0.2, 0.25) is 0 Å². The maximum absolute atomic E-state index is 12.3. The van der Waals surface area contributed by atoms with Gasteiger partial charge in [-0.15, -0.1) is 0 Å². The van der Waals surface area contributed by atoms with Crippen molar-refractivity contribution in [2.75, 3.05) is 13.6 Å². The number of H-pyrrole nitrogens is 1. The number of hydrogen-bond acceptors (Lipinski definition) is 3. The predicted octanol–water partition coefficient (Wildman–Crippen LogP) is 0.574. The molecular weight excluding hydrogens is 230 g/mol. The molecule has 1 amide bonds. The first kappa shape index (κ1) is 12.8. The number of rotatable bonds is 3. The van der Waals surface area contributed by atoms with Crippen LogP contribution in [0.5, 0.6) is 0 Å². The molecule has 1 saturated carbocycles. The van der Waals surface area contributed by atoms with Gasteiger partial charge in [0.25, 0.3) is 11.5 Å². The molecule has 3 N–H and O–H groups in total. The van der Waals surface area contributed by atoms with Gasteiger partial charge in [0.2, 0.25) is 0 Å². The average Bonchev–Trinajstić information content (AvgIpc) is 2.86. The highest BCUT2D eigenvalue weighted by Crippen LogP contribution is 2.28. The Morgan fingerprint density at radius 2 is 2.33 bits per heavy atom. The van der Waals surface area contributed by atoms with Crippen LogP contribution in [0.15, 0.2) is 23.1 Å². The number of amides is 1. The molecule has 1 fully saturated rings. The molecule has 0 aliphatic heterocycles. The van der Waals surface area contributed by atoms with E-state index in [0.29, 0.717) is 12.5 Å². The molecule has 1 aliphatic rings. The lowest BCUT2D eigenvalue weighted by atomic mass is 10.0. The van der Waals surface area contributed by atoms with Gasteiger partial charge in [-0.3, -0.25) is 9.59 Å². The first-order valence-electron chi connectivity index (χ1n) is 6.30. The van der Waals surface area contributed by atoms with E-state index in [-0.39, 0.29) is 23.1 Å². The molecule has 0 spiro atoms. The Balaban J connectivity index is 2.19. The SMILES string of the molecule is CN(C(=O)c1ccc[nH]c1=O)C1CCCC1CN. The fourth-order valence-corrected chi connectivity index (χ4v) is 2.73. The summed E-state index contributed by atoms with van der Waals surface area (Å²) in [5.41, 5.74) is 5.59. The van der Waals surface area contributed by atoms with Crippen molar-refractivity contribution in [3.8, 4) is 0 Å². The maximum atomic E-state index is 12.3. The van der Waals surface area contributed by atoms with E-state index in [2.05, 4.69) is 4.98 Å². The number of aromatic amines is 1. The second-order valence-electron chi connectivity index (χ2n) is 4.82. The number of aromatic nitrogens is 1. The van der Waals surface area contributed by atoms with Crippen molar-refractivity contribution < 1.29 is 4.79 Å². The van der Waals surface area contributed by atoms with Gasteiger partial charge < -0.3 is 15.6 Å². The third kappa shape index (κ3) is 2.31. The summed E-state index contributed by atoms with van der Waals surface area (Å²) in [6.07, 6.45) is 4.64. The quantitative estimate of drug-likeness (QED) is 0.822. The third-order valence-electron chi connectivity index (χ3n) is 3.79. The number of nitrogens with zero attached hydrogens (tertiary/aromatic N) is 1. The standard InChI is InChI=1S/C13H19N3O2/c1-16(11-6-2-4-9(11)8-14)13(18)10-5-3-7-15-12(10)17/h3,5,7,9,11H,2,4,6,8,14H2,1H3,(H,15,17). The Hall–Kier alpha value is -1.62. The number of pyridine rings is 1. The van der Waals surface area contributed by atoms with Crippen LogP contribution in [-0.2, 0) is 0 Å². The second kappa shape index (κ2) is 5.35. The molecule has 1 aromatic rings. The summed E-state index contributed by atoms with van der Waals surface area (Å²) in [7, 11) is 1.76. The van der Waals surface area contributed by atoms with Crippen LogP contribution < -0.4 is 11.3 Å². The number of hydrogen-bond donors (Lipinski definition) is 2. The molecular formula is C13H19N3O2. The molecule has 0 aromatic carbocycles. The Kier molecular flexibility index (Phi) is 3.81. The van der Waals surface area contributed by atoms with Gasteiger partial charge in [0.15, 0.2) is 0 Å². The zero-order valence-electron chi connectivity index (χ0n) is 10.6. The minimum Gasteiger partial charge on any atom is -0.338 e. The Bertz CT molecular complexity index is 483. The Morgan fingerprint density at radius 1 is 1.56 bits per heavy atom. The molecule has 98 valence electrons. The van der Waals surface area contributed by atoms with Crippen molar-refractivity contribution in [1.29, 1.82) is 0 Å².